The minimum absolute atomic E-state index is 0.00320. The lowest BCUT2D eigenvalue weighted by Gasteiger charge is -2.19. The third-order valence-electron chi connectivity index (χ3n) is 2.86. The van der Waals surface area contributed by atoms with Crippen molar-refractivity contribution in [3.8, 4) is 0 Å². The van der Waals surface area contributed by atoms with E-state index in [4.69, 9.17) is 0 Å². The molecule has 21 heavy (non-hydrogen) atoms. The molecule has 1 aliphatic rings. The first kappa shape index (κ1) is 15.8. The number of carbonyl (C=O) groups excluding carboxylic acids is 1. The van der Waals surface area contributed by atoms with E-state index in [2.05, 4.69) is 17.5 Å². The van der Waals surface area contributed by atoms with Gasteiger partial charge in [0.1, 0.15) is 0 Å². The van der Waals surface area contributed by atoms with Gasteiger partial charge >= 0.3 is 0 Å². The van der Waals surface area contributed by atoms with Gasteiger partial charge in [0.2, 0.25) is 5.91 Å². The number of non-ortho nitro benzene ring substituents is 1. The number of carbonyl (C=O) groups is 1. The smallest absolute Gasteiger partial charge is 0.270 e. The maximum absolute atomic E-state index is 11.8. The van der Waals surface area contributed by atoms with Gasteiger partial charge < -0.3 is 0 Å². The molecule has 8 heteroatoms. The van der Waals surface area contributed by atoms with Gasteiger partial charge in [-0.2, -0.15) is 5.10 Å². The Labute approximate surface area is 130 Å². The summed E-state index contributed by atoms with van der Waals surface area (Å²) in [6.45, 7) is 2.05. The molecular formula is C13H15N3O3S2. The normalized spacial score (nSPS) is 17.0. The summed E-state index contributed by atoms with van der Waals surface area (Å²) in [6.07, 6.45) is 1.80. The molecule has 0 spiro atoms. The summed E-state index contributed by atoms with van der Waals surface area (Å²) in [7, 11) is 0. The number of benzene rings is 1. The number of nitro groups is 1. The number of hydrazone groups is 1. The van der Waals surface area contributed by atoms with Gasteiger partial charge in [-0.15, -0.1) is 23.5 Å². The lowest BCUT2D eigenvalue weighted by atomic mass is 10.2. The van der Waals surface area contributed by atoms with Gasteiger partial charge in [-0.05, 0) is 6.92 Å². The van der Waals surface area contributed by atoms with Crippen molar-refractivity contribution >= 4 is 41.3 Å². The van der Waals surface area contributed by atoms with Gasteiger partial charge in [0.05, 0.1) is 21.6 Å². The maximum atomic E-state index is 11.8. The zero-order valence-electron chi connectivity index (χ0n) is 11.4. The summed E-state index contributed by atoms with van der Waals surface area (Å²) >= 11 is 3.57. The van der Waals surface area contributed by atoms with Crippen LogP contribution in [0.4, 0.5) is 5.69 Å². The molecule has 1 amide bonds. The molecule has 2 rings (SSSR count). The zero-order valence-corrected chi connectivity index (χ0v) is 13.1. The average molecular weight is 325 g/mol. The van der Waals surface area contributed by atoms with Crippen LogP contribution in [0.2, 0.25) is 0 Å². The fourth-order valence-corrected chi connectivity index (χ4v) is 4.72. The summed E-state index contributed by atoms with van der Waals surface area (Å²) in [6, 6.07) is 6.08. The van der Waals surface area contributed by atoms with Crippen LogP contribution in [0, 0.1) is 10.1 Å². The molecule has 0 aliphatic carbocycles. The highest BCUT2D eigenvalue weighted by Gasteiger charge is 2.32. The van der Waals surface area contributed by atoms with E-state index in [-0.39, 0.29) is 15.7 Å². The third kappa shape index (κ3) is 4.75. The molecule has 0 atom stereocenters. The first-order valence-electron chi connectivity index (χ1n) is 6.33. The van der Waals surface area contributed by atoms with Crippen LogP contribution in [0.3, 0.4) is 0 Å². The lowest BCUT2D eigenvalue weighted by Crippen LogP contribution is -2.26. The van der Waals surface area contributed by atoms with Crippen LogP contribution in [0.5, 0.6) is 0 Å². The van der Waals surface area contributed by atoms with Crippen LogP contribution in [0.25, 0.3) is 0 Å². The predicted octanol–water partition coefficient (Wildman–Crippen LogP) is 2.63. The van der Waals surface area contributed by atoms with Crippen molar-refractivity contribution in [1.29, 1.82) is 0 Å². The van der Waals surface area contributed by atoms with Crippen molar-refractivity contribution in [2.24, 2.45) is 5.10 Å². The SMILES string of the molecule is CC1(CC(=O)N/N=C\c2cccc([N+](=O)[O-])c2)SCCS1. The summed E-state index contributed by atoms with van der Waals surface area (Å²) in [4.78, 5) is 22.0. The molecule has 0 unspecified atom stereocenters. The van der Waals surface area contributed by atoms with Crippen LogP contribution in [-0.2, 0) is 4.79 Å². The largest absolute Gasteiger partial charge is 0.273 e. The molecule has 1 aromatic rings. The molecular weight excluding hydrogens is 310 g/mol. The number of hydrogen-bond acceptors (Lipinski definition) is 6. The molecule has 1 fully saturated rings. The van der Waals surface area contributed by atoms with E-state index < -0.39 is 4.92 Å². The molecule has 1 aromatic carbocycles. The first-order valence-corrected chi connectivity index (χ1v) is 8.30. The Morgan fingerprint density at radius 3 is 2.90 bits per heavy atom. The van der Waals surface area contributed by atoms with Crippen molar-refractivity contribution in [1.82, 2.24) is 5.43 Å². The minimum atomic E-state index is -0.467. The highest BCUT2D eigenvalue weighted by Crippen LogP contribution is 2.45. The highest BCUT2D eigenvalue weighted by molar-refractivity contribution is 8.21. The number of nitrogens with one attached hydrogen (secondary N) is 1. The lowest BCUT2D eigenvalue weighted by molar-refractivity contribution is -0.384. The van der Waals surface area contributed by atoms with Crippen LogP contribution >= 0.6 is 23.5 Å². The molecule has 0 radical (unpaired) electrons. The van der Waals surface area contributed by atoms with E-state index in [1.54, 1.807) is 35.7 Å². The number of nitro benzene ring substituents is 1. The molecule has 6 nitrogen and oxygen atoms in total. The maximum Gasteiger partial charge on any atom is 0.270 e. The Kier molecular flexibility index (Phi) is 5.24. The molecule has 0 aromatic heterocycles. The van der Waals surface area contributed by atoms with Crippen molar-refractivity contribution in [2.75, 3.05) is 11.5 Å². The van der Waals surface area contributed by atoms with Crippen LogP contribution in [0.15, 0.2) is 29.4 Å². The Bertz CT molecular complexity index is 572. The number of amides is 1. The number of nitrogens with zero attached hydrogens (tertiary/aromatic N) is 2. The van der Waals surface area contributed by atoms with E-state index in [0.29, 0.717) is 12.0 Å². The Morgan fingerprint density at radius 2 is 2.24 bits per heavy atom. The quantitative estimate of drug-likeness (QED) is 0.511. The fraction of sp³-hybridized carbons (Fsp3) is 0.385. The second kappa shape index (κ2) is 6.95. The third-order valence-corrected chi connectivity index (χ3v) is 6.16. The average Bonchev–Trinajstić information content (AvgIpc) is 2.85. The summed E-state index contributed by atoms with van der Waals surface area (Å²) in [5.74, 6) is 1.97. The Morgan fingerprint density at radius 1 is 1.52 bits per heavy atom. The van der Waals surface area contributed by atoms with Crippen molar-refractivity contribution in [3.05, 3.63) is 39.9 Å². The van der Waals surface area contributed by atoms with Crippen LogP contribution < -0.4 is 5.43 Å². The van der Waals surface area contributed by atoms with Gasteiger partial charge in [0.25, 0.3) is 5.69 Å². The van der Waals surface area contributed by atoms with Gasteiger partial charge in [0, 0.05) is 29.2 Å². The molecule has 0 bridgehead atoms. The van der Waals surface area contributed by atoms with E-state index in [1.807, 2.05) is 0 Å². The van der Waals surface area contributed by atoms with Gasteiger partial charge in [-0.3, -0.25) is 14.9 Å². The van der Waals surface area contributed by atoms with Gasteiger partial charge in [0.15, 0.2) is 0 Å². The standard InChI is InChI=1S/C13H15N3O3S2/c1-13(20-5-6-21-13)8-12(17)15-14-9-10-3-2-4-11(7-10)16(18)19/h2-4,7,9H,5-6,8H2,1H3,(H,15,17)/b14-9-. The highest BCUT2D eigenvalue weighted by atomic mass is 32.2. The second-order valence-electron chi connectivity index (χ2n) is 4.65. The topological polar surface area (TPSA) is 84.6 Å². The number of thioether (sulfide) groups is 2. The summed E-state index contributed by atoms with van der Waals surface area (Å²) < 4.78 is -0.0782. The van der Waals surface area contributed by atoms with Crippen LogP contribution in [0.1, 0.15) is 18.9 Å². The van der Waals surface area contributed by atoms with Gasteiger partial charge in [-0.25, -0.2) is 5.43 Å². The molecule has 1 saturated heterocycles. The van der Waals surface area contributed by atoms with Crippen molar-refractivity contribution in [2.45, 2.75) is 17.4 Å². The molecule has 112 valence electrons. The van der Waals surface area contributed by atoms with E-state index in [1.165, 1.54) is 18.3 Å². The summed E-state index contributed by atoms with van der Waals surface area (Å²) in [5.41, 5.74) is 3.03. The Balaban J connectivity index is 1.88. The number of hydrogen-bond donors (Lipinski definition) is 1. The van der Waals surface area contributed by atoms with Crippen LogP contribution in [-0.4, -0.2) is 32.6 Å². The molecule has 0 saturated carbocycles. The Hall–Kier alpha value is -1.54. The van der Waals surface area contributed by atoms with Crippen molar-refractivity contribution in [3.63, 3.8) is 0 Å². The van der Waals surface area contributed by atoms with E-state index in [9.17, 15) is 14.9 Å². The molecule has 1 N–H and O–H groups in total. The first-order chi connectivity index (χ1) is 9.98. The monoisotopic (exact) mass is 325 g/mol. The molecule has 1 heterocycles. The number of rotatable bonds is 5. The summed E-state index contributed by atoms with van der Waals surface area (Å²) in [5, 5.41) is 14.5. The van der Waals surface area contributed by atoms with Gasteiger partial charge in [-0.1, -0.05) is 12.1 Å². The molecule has 1 aliphatic heterocycles. The van der Waals surface area contributed by atoms with E-state index in [0.717, 1.165) is 11.5 Å². The van der Waals surface area contributed by atoms with E-state index >= 15 is 0 Å². The zero-order chi connectivity index (χ0) is 15.3. The fourth-order valence-electron chi connectivity index (χ4n) is 1.89. The second-order valence-corrected chi connectivity index (χ2v) is 8.11. The van der Waals surface area contributed by atoms with Crippen molar-refractivity contribution < 1.29 is 9.72 Å². The minimum Gasteiger partial charge on any atom is -0.273 e. The predicted molar refractivity (Wildman–Crippen MR) is 86.8 cm³/mol.